The van der Waals surface area contributed by atoms with Gasteiger partial charge in [0, 0.05) is 24.0 Å². The van der Waals surface area contributed by atoms with Gasteiger partial charge in [-0.15, -0.1) is 0 Å². The van der Waals surface area contributed by atoms with Crippen molar-refractivity contribution in [1.82, 2.24) is 9.36 Å². The lowest BCUT2D eigenvalue weighted by Gasteiger charge is -2.06. The summed E-state index contributed by atoms with van der Waals surface area (Å²) in [7, 11) is 0. The molecule has 18 heavy (non-hydrogen) atoms. The molecule has 0 bridgehead atoms. The van der Waals surface area contributed by atoms with E-state index in [2.05, 4.69) is 45.9 Å². The normalized spacial score (nSPS) is 17.7. The molecule has 1 heterocycles. The Balaban J connectivity index is 1.82. The molecule has 94 valence electrons. The van der Waals surface area contributed by atoms with Crippen molar-refractivity contribution < 1.29 is 0 Å². The highest BCUT2D eigenvalue weighted by atomic mass is 32.1. The zero-order valence-corrected chi connectivity index (χ0v) is 11.3. The molecule has 0 fully saturated rings. The molecule has 1 N–H and O–H groups in total. The lowest BCUT2D eigenvalue weighted by Crippen LogP contribution is -2.01. The van der Waals surface area contributed by atoms with Gasteiger partial charge in [0.25, 0.3) is 0 Å². The van der Waals surface area contributed by atoms with Gasteiger partial charge in [-0.3, -0.25) is 0 Å². The summed E-state index contributed by atoms with van der Waals surface area (Å²) in [5, 5.41) is 4.26. The summed E-state index contributed by atoms with van der Waals surface area (Å²) in [5.41, 5.74) is 2.87. The molecule has 0 saturated heterocycles. The number of hydrogen-bond donors (Lipinski definition) is 1. The largest absolute Gasteiger partial charge is 0.360 e. The second-order valence-corrected chi connectivity index (χ2v) is 5.43. The molecule has 1 aliphatic rings. The van der Waals surface area contributed by atoms with Crippen molar-refractivity contribution in [3.63, 3.8) is 0 Å². The van der Waals surface area contributed by atoms with E-state index in [9.17, 15) is 0 Å². The summed E-state index contributed by atoms with van der Waals surface area (Å²) >= 11 is 1.48. The number of aromatic nitrogens is 2. The van der Waals surface area contributed by atoms with Crippen LogP contribution in [0.5, 0.6) is 0 Å². The van der Waals surface area contributed by atoms with Crippen LogP contribution in [0.25, 0.3) is 0 Å². The van der Waals surface area contributed by atoms with Gasteiger partial charge < -0.3 is 5.32 Å². The highest BCUT2D eigenvalue weighted by Gasteiger charge is 2.26. The van der Waals surface area contributed by atoms with Crippen LogP contribution in [-0.2, 0) is 6.42 Å². The second-order valence-electron chi connectivity index (χ2n) is 4.67. The number of fused-ring (bicyclic) bond motifs is 1. The van der Waals surface area contributed by atoms with Crippen molar-refractivity contribution in [2.45, 2.75) is 32.1 Å². The van der Waals surface area contributed by atoms with E-state index in [1.807, 2.05) is 0 Å². The third-order valence-corrected chi connectivity index (χ3v) is 4.10. The molecule has 0 saturated carbocycles. The second kappa shape index (κ2) is 5.06. The Hall–Kier alpha value is -1.42. The van der Waals surface area contributed by atoms with Crippen molar-refractivity contribution >= 4 is 16.7 Å². The van der Waals surface area contributed by atoms with Gasteiger partial charge >= 0.3 is 0 Å². The Morgan fingerprint density at radius 3 is 3.17 bits per heavy atom. The predicted octanol–water partition coefficient (Wildman–Crippen LogP) is 3.44. The molecule has 1 unspecified atom stereocenters. The average molecular weight is 259 g/mol. The number of aryl methyl sites for hydroxylation is 1. The maximum absolute atomic E-state index is 4.62. The molecule has 1 atom stereocenters. The number of nitrogens with zero attached hydrogens (tertiary/aromatic N) is 2. The SMILES string of the molecule is CCCNc1nc(C2CCc3ccccc32)ns1. The molecule has 0 aliphatic heterocycles. The fourth-order valence-electron chi connectivity index (χ4n) is 2.51. The molecule has 3 rings (SSSR count). The average Bonchev–Trinajstić information content (AvgIpc) is 3.02. The van der Waals surface area contributed by atoms with E-state index in [-0.39, 0.29) is 0 Å². The smallest absolute Gasteiger partial charge is 0.202 e. The highest BCUT2D eigenvalue weighted by molar-refractivity contribution is 7.09. The van der Waals surface area contributed by atoms with Crippen molar-refractivity contribution in [3.8, 4) is 0 Å². The summed E-state index contributed by atoms with van der Waals surface area (Å²) < 4.78 is 4.52. The molecule has 1 aliphatic carbocycles. The summed E-state index contributed by atoms with van der Waals surface area (Å²) in [4.78, 5) is 4.62. The van der Waals surface area contributed by atoms with Crippen LogP contribution in [0.4, 0.5) is 5.13 Å². The molecule has 1 aromatic carbocycles. The molecule has 0 amide bonds. The highest BCUT2D eigenvalue weighted by Crippen LogP contribution is 2.37. The minimum Gasteiger partial charge on any atom is -0.360 e. The third-order valence-electron chi connectivity index (χ3n) is 3.41. The Morgan fingerprint density at radius 2 is 2.28 bits per heavy atom. The van der Waals surface area contributed by atoms with Crippen LogP contribution in [0.1, 0.15) is 42.6 Å². The zero-order chi connectivity index (χ0) is 12.4. The first-order valence-electron chi connectivity index (χ1n) is 6.53. The van der Waals surface area contributed by atoms with E-state index >= 15 is 0 Å². The Bertz CT molecular complexity index is 535. The first kappa shape index (κ1) is 11.7. The third kappa shape index (κ3) is 2.12. The first-order valence-corrected chi connectivity index (χ1v) is 7.31. The summed E-state index contributed by atoms with van der Waals surface area (Å²) in [6.45, 7) is 3.12. The molecular formula is C14H17N3S. The van der Waals surface area contributed by atoms with E-state index in [1.165, 1.54) is 22.7 Å². The molecular weight excluding hydrogens is 242 g/mol. The lowest BCUT2D eigenvalue weighted by molar-refractivity contribution is 0.745. The van der Waals surface area contributed by atoms with Gasteiger partial charge in [0.15, 0.2) is 5.82 Å². The first-order chi connectivity index (χ1) is 8.88. The molecule has 2 aromatic rings. The van der Waals surface area contributed by atoms with Crippen LogP contribution in [0, 0.1) is 0 Å². The number of hydrogen-bond acceptors (Lipinski definition) is 4. The minimum absolute atomic E-state index is 0.398. The van der Waals surface area contributed by atoms with Gasteiger partial charge in [0.05, 0.1) is 0 Å². The maximum Gasteiger partial charge on any atom is 0.202 e. The maximum atomic E-state index is 4.62. The zero-order valence-electron chi connectivity index (χ0n) is 10.5. The van der Waals surface area contributed by atoms with Gasteiger partial charge in [-0.25, -0.2) is 4.98 Å². The quantitative estimate of drug-likeness (QED) is 0.914. The van der Waals surface area contributed by atoms with E-state index in [1.54, 1.807) is 0 Å². The fourth-order valence-corrected chi connectivity index (χ4v) is 3.15. The van der Waals surface area contributed by atoms with E-state index in [0.29, 0.717) is 5.92 Å². The van der Waals surface area contributed by atoms with Crippen molar-refractivity contribution in [3.05, 3.63) is 41.2 Å². The van der Waals surface area contributed by atoms with Gasteiger partial charge in [0.1, 0.15) is 0 Å². The minimum atomic E-state index is 0.398. The monoisotopic (exact) mass is 259 g/mol. The van der Waals surface area contributed by atoms with Crippen molar-refractivity contribution in [2.75, 3.05) is 11.9 Å². The van der Waals surface area contributed by atoms with Gasteiger partial charge in [-0.2, -0.15) is 4.37 Å². The Kier molecular flexibility index (Phi) is 3.28. The van der Waals surface area contributed by atoms with E-state index in [0.717, 1.165) is 36.8 Å². The number of benzene rings is 1. The van der Waals surface area contributed by atoms with Crippen LogP contribution in [0.3, 0.4) is 0 Å². The molecule has 0 spiro atoms. The molecule has 3 nitrogen and oxygen atoms in total. The number of nitrogens with one attached hydrogen (secondary N) is 1. The van der Waals surface area contributed by atoms with Crippen molar-refractivity contribution in [1.29, 1.82) is 0 Å². The van der Waals surface area contributed by atoms with Crippen LogP contribution >= 0.6 is 11.5 Å². The van der Waals surface area contributed by atoms with E-state index in [4.69, 9.17) is 0 Å². The number of rotatable bonds is 4. The Morgan fingerprint density at radius 1 is 1.39 bits per heavy atom. The number of anilines is 1. The summed E-state index contributed by atoms with van der Waals surface area (Å²) in [6, 6.07) is 8.66. The molecule has 0 radical (unpaired) electrons. The predicted molar refractivity (Wildman–Crippen MR) is 75.3 cm³/mol. The van der Waals surface area contributed by atoms with E-state index < -0.39 is 0 Å². The van der Waals surface area contributed by atoms with Crippen LogP contribution in [0.2, 0.25) is 0 Å². The molecule has 1 aromatic heterocycles. The van der Waals surface area contributed by atoms with Crippen LogP contribution in [0.15, 0.2) is 24.3 Å². The Labute approximate surface area is 111 Å². The summed E-state index contributed by atoms with van der Waals surface area (Å²) in [6.07, 6.45) is 3.41. The van der Waals surface area contributed by atoms with Crippen molar-refractivity contribution in [2.24, 2.45) is 0 Å². The lowest BCUT2D eigenvalue weighted by atomic mass is 10.0. The van der Waals surface area contributed by atoms with Gasteiger partial charge in [0.2, 0.25) is 5.13 Å². The standard InChI is InChI=1S/C14H17N3S/c1-2-9-15-14-16-13(17-18-14)12-8-7-10-5-3-4-6-11(10)12/h3-6,12H,2,7-9H2,1H3,(H,15,16,17). The fraction of sp³-hybridized carbons (Fsp3) is 0.429. The van der Waals surface area contributed by atoms with Gasteiger partial charge in [-0.1, -0.05) is 31.2 Å². The van der Waals surface area contributed by atoms with Crippen LogP contribution in [-0.4, -0.2) is 15.9 Å². The summed E-state index contributed by atoms with van der Waals surface area (Å²) in [5.74, 6) is 1.39. The van der Waals surface area contributed by atoms with Crippen LogP contribution < -0.4 is 5.32 Å². The topological polar surface area (TPSA) is 37.8 Å². The molecule has 4 heteroatoms. The van der Waals surface area contributed by atoms with Gasteiger partial charge in [-0.05, 0) is 30.4 Å².